The normalized spacial score (nSPS) is 19.4. The molecule has 4 rings (SSSR count). The van der Waals surface area contributed by atoms with Crippen molar-refractivity contribution in [3.8, 4) is 17.2 Å². The van der Waals surface area contributed by atoms with Crippen LogP contribution in [0.5, 0.6) is 17.2 Å². The van der Waals surface area contributed by atoms with Gasteiger partial charge in [0, 0.05) is 38.6 Å². The van der Waals surface area contributed by atoms with Gasteiger partial charge in [0.05, 0.1) is 29.2 Å². The quantitative estimate of drug-likeness (QED) is 0.0891. The predicted octanol–water partition coefficient (Wildman–Crippen LogP) is 1.83. The van der Waals surface area contributed by atoms with Crippen LogP contribution in [0.2, 0.25) is 0 Å². The number of amides is 3. The number of benzene rings is 2. The number of aliphatic hydroxyl groups excluding tert-OH is 1. The van der Waals surface area contributed by atoms with Crippen LogP contribution in [0.1, 0.15) is 53.0 Å². The molecule has 15 heteroatoms. The number of fused-ring (bicyclic) bond motifs is 1. The molecule has 0 bridgehead atoms. The zero-order valence-electron chi connectivity index (χ0n) is 26.1. The molecular weight excluding hydrogens is 622 g/mol. The summed E-state index contributed by atoms with van der Waals surface area (Å²) < 4.78 is 28.6. The molecule has 4 atom stereocenters. The van der Waals surface area contributed by atoms with E-state index in [-0.39, 0.29) is 42.4 Å². The van der Waals surface area contributed by atoms with Crippen LogP contribution >= 0.6 is 0 Å². The van der Waals surface area contributed by atoms with Crippen molar-refractivity contribution in [2.45, 2.75) is 45.8 Å². The van der Waals surface area contributed by atoms with Gasteiger partial charge in [-0.2, -0.15) is 0 Å². The lowest BCUT2D eigenvalue weighted by atomic mass is 9.77. The summed E-state index contributed by atoms with van der Waals surface area (Å²) >= 11 is 0. The Morgan fingerprint density at radius 2 is 1.47 bits per heavy atom. The Kier molecular flexibility index (Phi) is 10.7. The molecule has 13 nitrogen and oxygen atoms in total. The van der Waals surface area contributed by atoms with Crippen LogP contribution in [0.3, 0.4) is 0 Å². The summed E-state index contributed by atoms with van der Waals surface area (Å²) in [6.45, 7) is 5.63. The minimum atomic E-state index is -1.28. The van der Waals surface area contributed by atoms with Crippen molar-refractivity contribution in [3.05, 3.63) is 63.9 Å². The van der Waals surface area contributed by atoms with E-state index in [1.807, 2.05) is 4.90 Å². The molecule has 0 unspecified atom stereocenters. The topological polar surface area (TPSA) is 200 Å². The fraction of sp³-hybridized carbons (Fsp3) is 0.438. The fourth-order valence-corrected chi connectivity index (χ4v) is 6.13. The number of hydrogen-bond acceptors (Lipinski definition) is 9. The third kappa shape index (κ3) is 7.00. The van der Waals surface area contributed by atoms with Gasteiger partial charge in [-0.25, -0.2) is 13.6 Å². The summed E-state index contributed by atoms with van der Waals surface area (Å²) in [5, 5.41) is 54.2. The lowest BCUT2D eigenvalue weighted by molar-refractivity contribution is -0.163. The molecule has 3 amide bonds. The number of phenolic OH excluding ortho intramolecular Hbond substituents is 3. The van der Waals surface area contributed by atoms with E-state index < -0.39 is 76.2 Å². The van der Waals surface area contributed by atoms with Gasteiger partial charge in [-0.15, -0.1) is 0 Å². The average molecular weight is 661 g/mol. The molecule has 1 fully saturated rings. The highest BCUT2D eigenvalue weighted by molar-refractivity contribution is 6.00. The molecule has 254 valence electrons. The minimum Gasteiger partial charge on any atom is -0.505 e. The number of carbonyl (C=O) groups excluding carboxylic acids is 3. The number of carbonyl (C=O) groups is 4. The summed E-state index contributed by atoms with van der Waals surface area (Å²) in [5.41, 5.74) is -0.181. The van der Waals surface area contributed by atoms with Gasteiger partial charge in [0.1, 0.15) is 5.70 Å². The van der Waals surface area contributed by atoms with Crippen molar-refractivity contribution in [2.75, 3.05) is 32.7 Å². The van der Waals surface area contributed by atoms with Gasteiger partial charge in [0.15, 0.2) is 28.9 Å². The highest BCUT2D eigenvalue weighted by Gasteiger charge is 2.59. The molecule has 2 heterocycles. The standard InChI is InChI=1S/C32H38F2N4O9/c1-15-6-7-18(23(33)27(15)41)29(43)35-10-4-12-37(13-5-11-36-30(44)19-8-9-21(40)28(42)24(19)34)14-20-16(2)25-22(17(3)39)31(45)38(25)26(20)32(46)47/h6-9,16-17,22,25,39-42H,4-5,10-14H2,1-3H3,(H,35,43)(H,36,44)(H,46,47)/t16-,17+,22+,25+/m0/s1. The SMILES string of the molecule is Cc1ccc(C(=O)NCCCN(CCCNC(=O)c2ccc(O)c(O)c2F)CC2=C(C(=O)O)N3C(=O)[C@H]([C@@H](C)O)[C@H]3[C@H]2C)c(F)c1O. The van der Waals surface area contributed by atoms with Crippen molar-refractivity contribution in [3.63, 3.8) is 0 Å². The smallest absolute Gasteiger partial charge is 0.352 e. The number of β-lactam (4-membered cyclic amide) rings is 1. The molecule has 1 saturated heterocycles. The van der Waals surface area contributed by atoms with Crippen molar-refractivity contribution >= 4 is 23.7 Å². The zero-order valence-corrected chi connectivity index (χ0v) is 26.1. The number of halogens is 2. The van der Waals surface area contributed by atoms with Crippen molar-refractivity contribution < 1.29 is 53.5 Å². The Balaban J connectivity index is 1.44. The maximum atomic E-state index is 14.4. The van der Waals surface area contributed by atoms with E-state index in [2.05, 4.69) is 10.6 Å². The number of carboxylic acids is 1. The Bertz CT molecular complexity index is 1540. The van der Waals surface area contributed by atoms with Crippen LogP contribution < -0.4 is 10.6 Å². The maximum absolute atomic E-state index is 14.4. The number of aliphatic carboxylic acids is 1. The number of nitrogens with one attached hydrogen (secondary N) is 2. The minimum absolute atomic E-state index is 0.0566. The number of rotatable bonds is 14. The van der Waals surface area contributed by atoms with Crippen LogP contribution in [-0.2, 0) is 9.59 Å². The largest absolute Gasteiger partial charge is 0.505 e. The second-order valence-electron chi connectivity index (χ2n) is 11.8. The van der Waals surface area contributed by atoms with E-state index in [1.165, 1.54) is 30.9 Å². The first-order valence-electron chi connectivity index (χ1n) is 15.1. The Hall–Kier alpha value is -4.76. The molecular formula is C32H38F2N4O9. The molecule has 0 aliphatic carbocycles. The first-order chi connectivity index (χ1) is 22.2. The lowest BCUT2D eigenvalue weighted by Gasteiger charge is -2.46. The van der Waals surface area contributed by atoms with Crippen LogP contribution in [0, 0.1) is 30.4 Å². The van der Waals surface area contributed by atoms with Crippen LogP contribution in [-0.4, -0.2) is 104 Å². The van der Waals surface area contributed by atoms with Crippen molar-refractivity contribution in [2.24, 2.45) is 11.8 Å². The molecule has 2 aliphatic heterocycles. The maximum Gasteiger partial charge on any atom is 0.352 e. The van der Waals surface area contributed by atoms with Crippen molar-refractivity contribution in [1.82, 2.24) is 20.4 Å². The molecule has 7 N–H and O–H groups in total. The monoisotopic (exact) mass is 660 g/mol. The summed E-state index contributed by atoms with van der Waals surface area (Å²) in [7, 11) is 0. The molecule has 47 heavy (non-hydrogen) atoms. The number of carboxylic acid groups (broad SMARTS) is 1. The fourth-order valence-electron chi connectivity index (χ4n) is 6.13. The van der Waals surface area contributed by atoms with Crippen LogP contribution in [0.4, 0.5) is 8.78 Å². The molecule has 2 aromatic carbocycles. The third-order valence-corrected chi connectivity index (χ3v) is 8.69. The summed E-state index contributed by atoms with van der Waals surface area (Å²) in [4.78, 5) is 53.2. The summed E-state index contributed by atoms with van der Waals surface area (Å²) in [5.74, 6) is -9.12. The molecule has 0 saturated carbocycles. The lowest BCUT2D eigenvalue weighted by Crippen LogP contribution is -2.63. The van der Waals surface area contributed by atoms with E-state index in [9.17, 15) is 53.5 Å². The summed E-state index contributed by atoms with van der Waals surface area (Å²) in [6.07, 6.45) is -0.323. The molecule has 2 aliphatic rings. The van der Waals surface area contributed by atoms with E-state index in [0.717, 1.165) is 12.1 Å². The van der Waals surface area contributed by atoms with Crippen molar-refractivity contribution in [1.29, 1.82) is 0 Å². The summed E-state index contributed by atoms with van der Waals surface area (Å²) in [6, 6.07) is 4.17. The second-order valence-corrected chi connectivity index (χ2v) is 11.8. The molecule has 0 spiro atoms. The number of aliphatic hydroxyl groups is 1. The van der Waals surface area contributed by atoms with Gasteiger partial charge in [0.25, 0.3) is 11.8 Å². The van der Waals surface area contributed by atoms with Gasteiger partial charge in [-0.3, -0.25) is 19.3 Å². The molecule has 2 aromatic rings. The highest BCUT2D eigenvalue weighted by atomic mass is 19.1. The van der Waals surface area contributed by atoms with E-state index in [1.54, 1.807) is 6.92 Å². The third-order valence-electron chi connectivity index (χ3n) is 8.69. The number of phenols is 3. The molecule has 0 radical (unpaired) electrons. The van der Waals surface area contributed by atoms with E-state index >= 15 is 0 Å². The first-order valence-corrected chi connectivity index (χ1v) is 15.1. The number of aromatic hydroxyl groups is 3. The van der Waals surface area contributed by atoms with Gasteiger partial charge in [-0.05, 0) is 56.0 Å². The van der Waals surface area contributed by atoms with Crippen LogP contribution in [0.15, 0.2) is 35.5 Å². The number of nitrogens with zero attached hydrogens (tertiary/aromatic N) is 2. The van der Waals surface area contributed by atoms with Gasteiger partial charge >= 0.3 is 5.97 Å². The van der Waals surface area contributed by atoms with Gasteiger partial charge in [0.2, 0.25) is 5.91 Å². The average Bonchev–Trinajstić information content (AvgIpc) is 3.25. The predicted molar refractivity (Wildman–Crippen MR) is 163 cm³/mol. The second kappa shape index (κ2) is 14.3. The van der Waals surface area contributed by atoms with Gasteiger partial charge in [-0.1, -0.05) is 13.0 Å². The van der Waals surface area contributed by atoms with Crippen LogP contribution in [0.25, 0.3) is 0 Å². The zero-order chi connectivity index (χ0) is 34.7. The Morgan fingerprint density at radius 1 is 0.936 bits per heavy atom. The highest BCUT2D eigenvalue weighted by Crippen LogP contribution is 2.47. The number of aryl methyl sites for hydroxylation is 1. The Labute approximate surface area is 269 Å². The van der Waals surface area contributed by atoms with E-state index in [4.69, 9.17) is 0 Å². The van der Waals surface area contributed by atoms with Gasteiger partial charge < -0.3 is 41.1 Å². The Morgan fingerprint density at radius 3 is 2.00 bits per heavy atom. The number of hydrogen-bond donors (Lipinski definition) is 7. The first kappa shape index (κ1) is 35.1. The van der Waals surface area contributed by atoms with E-state index in [0.29, 0.717) is 31.5 Å². The molecule has 0 aromatic heterocycles.